The maximum Gasteiger partial charge on any atom is 0.251 e. The van der Waals surface area contributed by atoms with Crippen LogP contribution in [0.5, 0.6) is 11.5 Å². The number of nitrogens with one attached hydrogen (secondary N) is 3. The fourth-order valence-corrected chi connectivity index (χ4v) is 4.97. The van der Waals surface area contributed by atoms with E-state index in [0.717, 1.165) is 5.56 Å². The van der Waals surface area contributed by atoms with Gasteiger partial charge in [0.15, 0.2) is 5.79 Å². The Morgan fingerprint density at radius 1 is 0.905 bits per heavy atom. The highest BCUT2D eigenvalue weighted by atomic mass is 16.7. The summed E-state index contributed by atoms with van der Waals surface area (Å²) in [5.41, 5.74) is 1.76. The van der Waals surface area contributed by atoms with E-state index in [1.165, 1.54) is 11.8 Å². The summed E-state index contributed by atoms with van der Waals surface area (Å²) in [5, 5.41) is 8.23. The van der Waals surface area contributed by atoms with Crippen molar-refractivity contribution >= 4 is 29.3 Å². The molecule has 1 unspecified atom stereocenters. The predicted molar refractivity (Wildman–Crippen MR) is 153 cm³/mol. The van der Waals surface area contributed by atoms with E-state index in [2.05, 4.69) is 16.0 Å². The highest BCUT2D eigenvalue weighted by molar-refractivity contribution is 5.97. The third-order valence-corrected chi connectivity index (χ3v) is 6.94. The summed E-state index contributed by atoms with van der Waals surface area (Å²) in [6.07, 6.45) is 0.174. The lowest BCUT2D eigenvalue weighted by Gasteiger charge is -2.24. The van der Waals surface area contributed by atoms with Gasteiger partial charge in [0, 0.05) is 31.1 Å². The van der Waals surface area contributed by atoms with Gasteiger partial charge in [0.2, 0.25) is 17.7 Å². The van der Waals surface area contributed by atoms with Crippen molar-refractivity contribution in [3.63, 3.8) is 0 Å². The van der Waals surface area contributed by atoms with Crippen molar-refractivity contribution in [2.75, 3.05) is 31.6 Å². The number of para-hydroxylation sites is 1. The molecule has 0 bridgehead atoms. The smallest absolute Gasteiger partial charge is 0.251 e. The minimum atomic E-state index is -1.05. The largest absolute Gasteiger partial charge is 0.457 e. The first-order chi connectivity index (χ1) is 20.3. The SMILES string of the molecule is CC(=O)Nc1cccc(CNC(=O)C2CC3(CN2C(=O)CNC(=O)c2ccc(Oc4ccccc4)cc2)OCCO3)c1. The molecule has 0 aliphatic carbocycles. The van der Waals surface area contributed by atoms with Gasteiger partial charge >= 0.3 is 0 Å². The van der Waals surface area contributed by atoms with Crippen LogP contribution in [-0.4, -0.2) is 66.7 Å². The van der Waals surface area contributed by atoms with Gasteiger partial charge in [-0.15, -0.1) is 0 Å². The molecule has 42 heavy (non-hydrogen) atoms. The fraction of sp³-hybridized carbons (Fsp3) is 0.290. The quantitative estimate of drug-likeness (QED) is 0.359. The van der Waals surface area contributed by atoms with Gasteiger partial charge in [0.05, 0.1) is 26.3 Å². The minimum absolute atomic E-state index is 0.0727. The molecular formula is C31H32N4O7. The summed E-state index contributed by atoms with van der Waals surface area (Å²) >= 11 is 0. The van der Waals surface area contributed by atoms with Crippen molar-refractivity contribution in [3.05, 3.63) is 90.0 Å². The van der Waals surface area contributed by atoms with Crippen LogP contribution in [0.2, 0.25) is 0 Å². The molecule has 5 rings (SSSR count). The van der Waals surface area contributed by atoms with Gasteiger partial charge in [-0.1, -0.05) is 30.3 Å². The third kappa shape index (κ3) is 7.12. The zero-order chi connectivity index (χ0) is 29.5. The lowest BCUT2D eigenvalue weighted by molar-refractivity contribution is -0.152. The molecule has 0 radical (unpaired) electrons. The summed E-state index contributed by atoms with van der Waals surface area (Å²) in [6, 6.07) is 22.1. The average molecular weight is 573 g/mol. The topological polar surface area (TPSA) is 135 Å². The fourth-order valence-electron chi connectivity index (χ4n) is 4.97. The second kappa shape index (κ2) is 12.8. The summed E-state index contributed by atoms with van der Waals surface area (Å²) in [5.74, 6) is -1.24. The standard InChI is InChI=1S/C31H32N4O7/c1-21(36)34-24-7-5-6-22(16-24)18-32-30(39)27-17-31(40-14-15-41-31)20-35(27)28(37)19-33-29(38)23-10-12-26(13-11-23)42-25-8-3-2-4-9-25/h2-13,16,27H,14-15,17-20H2,1H3,(H,32,39)(H,33,38)(H,34,36). The van der Waals surface area contributed by atoms with Crippen molar-refractivity contribution in [3.8, 4) is 11.5 Å². The van der Waals surface area contributed by atoms with Gasteiger partial charge in [-0.3, -0.25) is 19.2 Å². The third-order valence-electron chi connectivity index (χ3n) is 6.94. The second-order valence-corrected chi connectivity index (χ2v) is 10.1. The maximum atomic E-state index is 13.3. The first kappa shape index (κ1) is 28.8. The molecule has 3 N–H and O–H groups in total. The van der Waals surface area contributed by atoms with Crippen LogP contribution in [0.3, 0.4) is 0 Å². The van der Waals surface area contributed by atoms with E-state index < -0.39 is 23.6 Å². The Hall–Kier alpha value is -4.74. The van der Waals surface area contributed by atoms with Crippen LogP contribution in [0.15, 0.2) is 78.9 Å². The number of likely N-dealkylation sites (tertiary alicyclic amines) is 1. The summed E-state index contributed by atoms with van der Waals surface area (Å²) in [4.78, 5) is 52.1. The number of benzene rings is 3. The molecule has 0 aromatic heterocycles. The Morgan fingerprint density at radius 3 is 2.33 bits per heavy atom. The molecule has 218 valence electrons. The lowest BCUT2D eigenvalue weighted by Crippen LogP contribution is -2.49. The highest BCUT2D eigenvalue weighted by Crippen LogP contribution is 2.35. The van der Waals surface area contributed by atoms with Crippen LogP contribution < -0.4 is 20.7 Å². The molecular weight excluding hydrogens is 540 g/mol. The predicted octanol–water partition coefficient (Wildman–Crippen LogP) is 2.83. The lowest BCUT2D eigenvalue weighted by atomic mass is 10.1. The van der Waals surface area contributed by atoms with Crippen LogP contribution in [0.1, 0.15) is 29.3 Å². The highest BCUT2D eigenvalue weighted by Gasteiger charge is 2.52. The molecule has 1 atom stereocenters. The second-order valence-electron chi connectivity index (χ2n) is 10.1. The zero-order valence-electron chi connectivity index (χ0n) is 23.1. The number of carbonyl (C=O) groups excluding carboxylic acids is 4. The number of hydrogen-bond acceptors (Lipinski definition) is 7. The van der Waals surface area contributed by atoms with Gasteiger partial charge in [-0.2, -0.15) is 0 Å². The molecule has 0 saturated carbocycles. The number of ether oxygens (including phenoxy) is 3. The molecule has 2 saturated heterocycles. The normalized spacial score (nSPS) is 17.1. The van der Waals surface area contributed by atoms with E-state index in [9.17, 15) is 19.2 Å². The van der Waals surface area contributed by atoms with Crippen LogP contribution in [0.25, 0.3) is 0 Å². The summed E-state index contributed by atoms with van der Waals surface area (Å²) in [7, 11) is 0. The Bertz CT molecular complexity index is 1440. The van der Waals surface area contributed by atoms with Crippen molar-refractivity contribution in [1.29, 1.82) is 0 Å². The van der Waals surface area contributed by atoms with E-state index in [0.29, 0.717) is 36.0 Å². The van der Waals surface area contributed by atoms with E-state index in [-0.39, 0.29) is 37.9 Å². The molecule has 3 aromatic carbocycles. The molecule has 2 aliphatic rings. The molecule has 2 fully saturated rings. The monoisotopic (exact) mass is 572 g/mol. The molecule has 3 aromatic rings. The minimum Gasteiger partial charge on any atom is -0.457 e. The molecule has 4 amide bonds. The van der Waals surface area contributed by atoms with Gasteiger partial charge < -0.3 is 35.1 Å². The molecule has 2 heterocycles. The van der Waals surface area contributed by atoms with Crippen molar-refractivity contribution in [1.82, 2.24) is 15.5 Å². The number of nitrogens with zero attached hydrogens (tertiary/aromatic N) is 1. The van der Waals surface area contributed by atoms with Gasteiger partial charge in [0.1, 0.15) is 17.5 Å². The van der Waals surface area contributed by atoms with Crippen LogP contribution in [0, 0.1) is 0 Å². The zero-order valence-corrected chi connectivity index (χ0v) is 23.1. The summed E-state index contributed by atoms with van der Waals surface area (Å²) < 4.78 is 17.3. The van der Waals surface area contributed by atoms with Gasteiger partial charge in [-0.25, -0.2) is 0 Å². The van der Waals surface area contributed by atoms with Crippen molar-refractivity contribution in [2.45, 2.75) is 31.7 Å². The Morgan fingerprint density at radius 2 is 1.62 bits per heavy atom. The van der Waals surface area contributed by atoms with Crippen LogP contribution in [-0.2, 0) is 30.4 Å². The molecule has 11 nitrogen and oxygen atoms in total. The number of rotatable bonds is 9. The first-order valence-corrected chi connectivity index (χ1v) is 13.6. The van der Waals surface area contributed by atoms with Crippen molar-refractivity contribution in [2.24, 2.45) is 0 Å². The molecule has 11 heteroatoms. The van der Waals surface area contributed by atoms with E-state index >= 15 is 0 Å². The molecule has 2 aliphatic heterocycles. The average Bonchev–Trinajstić information content (AvgIpc) is 3.62. The molecule has 1 spiro atoms. The maximum absolute atomic E-state index is 13.3. The number of carbonyl (C=O) groups is 4. The Balaban J connectivity index is 1.18. The van der Waals surface area contributed by atoms with E-state index in [4.69, 9.17) is 14.2 Å². The van der Waals surface area contributed by atoms with E-state index in [1.807, 2.05) is 36.4 Å². The number of amides is 4. The number of anilines is 1. The van der Waals surface area contributed by atoms with Crippen LogP contribution >= 0.6 is 0 Å². The summed E-state index contributed by atoms with van der Waals surface area (Å²) in [6.45, 7) is 2.12. The van der Waals surface area contributed by atoms with Gasteiger partial charge in [-0.05, 0) is 54.1 Å². The van der Waals surface area contributed by atoms with Crippen molar-refractivity contribution < 1.29 is 33.4 Å². The van der Waals surface area contributed by atoms with Gasteiger partial charge in [0.25, 0.3) is 5.91 Å². The Labute approximate surface area is 243 Å². The number of hydrogen-bond donors (Lipinski definition) is 3. The Kier molecular flexibility index (Phi) is 8.80. The first-order valence-electron chi connectivity index (χ1n) is 13.6. The van der Waals surface area contributed by atoms with E-state index in [1.54, 1.807) is 42.5 Å². The van der Waals surface area contributed by atoms with Crippen LogP contribution in [0.4, 0.5) is 5.69 Å².